The van der Waals surface area contributed by atoms with Crippen LogP contribution < -0.4 is 20.3 Å². The summed E-state index contributed by atoms with van der Waals surface area (Å²) >= 11 is 7.22. The zero-order valence-corrected chi connectivity index (χ0v) is 24.8. The number of anilines is 2. The maximum Gasteiger partial charge on any atom is 0.280 e. The molecule has 218 valence electrons. The molecule has 2 aliphatic heterocycles. The zero-order valence-electron chi connectivity index (χ0n) is 22.4. The number of carbonyl (C=O) groups excluding carboxylic acids is 3. The molecule has 2 unspecified atom stereocenters. The van der Waals surface area contributed by atoms with Gasteiger partial charge < -0.3 is 20.4 Å². The van der Waals surface area contributed by atoms with E-state index >= 15 is 0 Å². The van der Waals surface area contributed by atoms with Gasteiger partial charge in [0.2, 0.25) is 11.8 Å². The van der Waals surface area contributed by atoms with Crippen LogP contribution in [0.1, 0.15) is 34.6 Å². The molecule has 2 saturated heterocycles. The molecule has 2 atom stereocenters. The second-order valence-corrected chi connectivity index (χ2v) is 13.3. The Labute approximate surface area is 241 Å². The van der Waals surface area contributed by atoms with Crippen LogP contribution in [0.5, 0.6) is 0 Å². The van der Waals surface area contributed by atoms with Gasteiger partial charge in [-0.2, -0.15) is 17.4 Å². The van der Waals surface area contributed by atoms with E-state index in [0.29, 0.717) is 31.6 Å². The number of hydrogen-bond donors (Lipinski definition) is 3. The van der Waals surface area contributed by atoms with Crippen LogP contribution in [-0.2, 0) is 19.8 Å². The monoisotopic (exact) mass is 615 g/mol. The molecular weight excluding hydrogens is 585 g/mol. The first kappa shape index (κ1) is 30.1. The number of thiazole rings is 1. The maximum atomic E-state index is 13.5. The number of hydrogen-bond acceptors (Lipinski definition) is 8. The number of benzene rings is 1. The Morgan fingerprint density at radius 2 is 1.88 bits per heavy atom. The molecule has 40 heavy (non-hydrogen) atoms. The van der Waals surface area contributed by atoms with E-state index in [1.54, 1.807) is 14.1 Å². The summed E-state index contributed by atoms with van der Waals surface area (Å²) in [4.78, 5) is 47.3. The number of aromatic nitrogens is 1. The van der Waals surface area contributed by atoms with Crippen molar-refractivity contribution < 1.29 is 27.2 Å². The van der Waals surface area contributed by atoms with Crippen molar-refractivity contribution >= 4 is 61.7 Å². The highest BCUT2D eigenvalue weighted by Gasteiger charge is 2.43. The fourth-order valence-corrected chi connectivity index (χ4v) is 6.91. The molecule has 3 amide bonds. The van der Waals surface area contributed by atoms with Crippen molar-refractivity contribution in [2.75, 3.05) is 44.4 Å². The third-order valence-electron chi connectivity index (χ3n) is 6.88. The normalized spacial score (nSPS) is 21.6. The molecule has 2 aromatic rings. The van der Waals surface area contributed by atoms with Crippen LogP contribution in [0.2, 0.25) is 5.02 Å². The molecule has 4 rings (SSSR count). The molecule has 3 N–H and O–H groups in total. The molecule has 0 saturated carbocycles. The van der Waals surface area contributed by atoms with E-state index < -0.39 is 39.9 Å². The molecule has 2 aliphatic rings. The molecule has 1 aromatic heterocycles. The minimum atomic E-state index is -4.13. The maximum absolute atomic E-state index is 13.5. The first-order valence-corrected chi connectivity index (χ1v) is 15.2. The first-order valence-electron chi connectivity index (χ1n) is 12.5. The lowest BCUT2D eigenvalue weighted by molar-refractivity contribution is -0.125. The molecule has 0 bridgehead atoms. The van der Waals surface area contributed by atoms with Crippen molar-refractivity contribution in [3.8, 4) is 0 Å². The Bertz CT molecular complexity index is 1410. The zero-order chi connectivity index (χ0) is 29.4. The van der Waals surface area contributed by atoms with Crippen molar-refractivity contribution in [3.63, 3.8) is 0 Å². The standard InChI is InChI=1S/C24H31ClFN7O5S2/c1-13-20(23(36)31(2)3)29-24(39-13)33-9-7-14(8-10-33)27-21(34)18-12-19(32(4)40(37,38)30-18)22(35)28-15-5-6-17(26)16(25)11-15/h5-6,11,14,18-19,30H,7-10,12H2,1-4H3,(H,27,34)(H,28,35). The fourth-order valence-electron chi connectivity index (χ4n) is 4.53. The second kappa shape index (κ2) is 11.9. The van der Waals surface area contributed by atoms with Gasteiger partial charge in [-0.3, -0.25) is 14.4 Å². The van der Waals surface area contributed by atoms with Gasteiger partial charge in [0.1, 0.15) is 23.6 Å². The topological polar surface area (TPSA) is 144 Å². The van der Waals surface area contributed by atoms with Gasteiger partial charge in [-0.1, -0.05) is 11.6 Å². The minimum absolute atomic E-state index is 0.109. The molecule has 1 aromatic carbocycles. The van der Waals surface area contributed by atoms with Crippen molar-refractivity contribution in [1.82, 2.24) is 24.2 Å². The number of amides is 3. The highest BCUT2D eigenvalue weighted by atomic mass is 35.5. The van der Waals surface area contributed by atoms with Crippen molar-refractivity contribution in [3.05, 3.63) is 39.6 Å². The highest BCUT2D eigenvalue weighted by Crippen LogP contribution is 2.29. The minimum Gasteiger partial charge on any atom is -0.352 e. The highest BCUT2D eigenvalue weighted by molar-refractivity contribution is 7.87. The molecule has 0 aliphatic carbocycles. The SMILES string of the molecule is Cc1sc(N2CCC(NC(=O)C3CC(C(=O)Nc4ccc(F)c(Cl)c4)N(C)S(=O)(=O)N3)CC2)nc1C(=O)N(C)C. The van der Waals surface area contributed by atoms with Crippen LogP contribution >= 0.6 is 22.9 Å². The summed E-state index contributed by atoms with van der Waals surface area (Å²) in [7, 11) is 0.466. The smallest absolute Gasteiger partial charge is 0.280 e. The van der Waals surface area contributed by atoms with Crippen molar-refractivity contribution in [2.45, 2.75) is 44.3 Å². The predicted molar refractivity (Wildman–Crippen MR) is 150 cm³/mol. The van der Waals surface area contributed by atoms with Gasteiger partial charge in [0.15, 0.2) is 5.13 Å². The van der Waals surface area contributed by atoms with Gasteiger partial charge in [0, 0.05) is 50.8 Å². The van der Waals surface area contributed by atoms with Gasteiger partial charge in [-0.25, -0.2) is 9.37 Å². The van der Waals surface area contributed by atoms with E-state index in [9.17, 15) is 27.2 Å². The van der Waals surface area contributed by atoms with Crippen LogP contribution in [0.3, 0.4) is 0 Å². The van der Waals surface area contributed by atoms with Crippen molar-refractivity contribution in [1.29, 1.82) is 0 Å². The Morgan fingerprint density at radius 3 is 2.50 bits per heavy atom. The average Bonchev–Trinajstić information content (AvgIpc) is 3.28. The number of rotatable bonds is 6. The summed E-state index contributed by atoms with van der Waals surface area (Å²) in [6.45, 7) is 3.05. The number of carbonyl (C=O) groups is 3. The van der Waals surface area contributed by atoms with Gasteiger partial charge in [0.05, 0.1) is 5.02 Å². The van der Waals surface area contributed by atoms with E-state index in [4.69, 9.17) is 11.6 Å². The number of likely N-dealkylation sites (N-methyl/N-ethyl adjacent to an activating group) is 1. The number of nitrogens with zero attached hydrogens (tertiary/aromatic N) is 4. The van der Waals surface area contributed by atoms with Crippen LogP contribution in [0.25, 0.3) is 0 Å². The van der Waals surface area contributed by atoms with Gasteiger partial charge in [-0.15, -0.1) is 11.3 Å². The molecule has 2 fully saturated rings. The lowest BCUT2D eigenvalue weighted by Gasteiger charge is -2.37. The predicted octanol–water partition coefficient (Wildman–Crippen LogP) is 1.58. The van der Waals surface area contributed by atoms with Crippen LogP contribution in [-0.4, -0.2) is 92.7 Å². The number of aryl methyl sites for hydroxylation is 1. The lowest BCUT2D eigenvalue weighted by atomic mass is 10.0. The van der Waals surface area contributed by atoms with Crippen LogP contribution in [0.15, 0.2) is 18.2 Å². The number of nitrogens with one attached hydrogen (secondary N) is 3. The van der Waals surface area contributed by atoms with Gasteiger partial charge in [0.25, 0.3) is 16.1 Å². The van der Waals surface area contributed by atoms with Crippen LogP contribution in [0.4, 0.5) is 15.2 Å². The van der Waals surface area contributed by atoms with Crippen LogP contribution in [0, 0.1) is 12.7 Å². The van der Waals surface area contributed by atoms with E-state index in [-0.39, 0.29) is 29.1 Å². The second-order valence-electron chi connectivity index (χ2n) is 9.93. The Morgan fingerprint density at radius 1 is 1.20 bits per heavy atom. The largest absolute Gasteiger partial charge is 0.352 e. The summed E-state index contributed by atoms with van der Waals surface area (Å²) in [5.74, 6) is -2.01. The molecule has 12 nitrogen and oxygen atoms in total. The lowest BCUT2D eigenvalue weighted by Crippen LogP contribution is -2.63. The summed E-state index contributed by atoms with van der Waals surface area (Å²) in [6, 6.07) is 1.06. The van der Waals surface area contributed by atoms with E-state index in [1.807, 2.05) is 6.92 Å². The Kier molecular flexibility index (Phi) is 8.99. The van der Waals surface area contributed by atoms with E-state index in [1.165, 1.54) is 35.4 Å². The van der Waals surface area contributed by atoms with Gasteiger partial charge >= 0.3 is 0 Å². The Hall–Kier alpha value is -2.85. The summed E-state index contributed by atoms with van der Waals surface area (Å²) in [6.07, 6.45) is 1.08. The average molecular weight is 616 g/mol. The van der Waals surface area contributed by atoms with E-state index in [2.05, 4.69) is 25.2 Å². The van der Waals surface area contributed by atoms with Gasteiger partial charge in [-0.05, 0) is 44.4 Å². The summed E-state index contributed by atoms with van der Waals surface area (Å²) < 4.78 is 42.1. The van der Waals surface area contributed by atoms with Crippen molar-refractivity contribution in [2.24, 2.45) is 0 Å². The molecular formula is C24H31ClFN7O5S2. The summed E-state index contributed by atoms with van der Waals surface area (Å²) in [5, 5.41) is 5.99. The quantitative estimate of drug-likeness (QED) is 0.448. The third kappa shape index (κ3) is 6.54. The molecule has 3 heterocycles. The first-order chi connectivity index (χ1) is 18.8. The molecule has 16 heteroatoms. The molecule has 0 spiro atoms. The number of piperidine rings is 1. The number of halogens is 2. The third-order valence-corrected chi connectivity index (χ3v) is 9.80. The Balaban J connectivity index is 1.36. The van der Waals surface area contributed by atoms with E-state index in [0.717, 1.165) is 20.4 Å². The fraction of sp³-hybridized carbons (Fsp3) is 0.500. The molecule has 0 radical (unpaired) electrons. The summed E-state index contributed by atoms with van der Waals surface area (Å²) in [5.41, 5.74) is 0.623.